The second-order valence-electron chi connectivity index (χ2n) is 9.99. The Bertz CT molecular complexity index is 1820. The Morgan fingerprint density at radius 1 is 0.727 bits per heavy atom. The number of nitriles is 2. The van der Waals surface area contributed by atoms with Crippen LogP contribution in [0.3, 0.4) is 0 Å². The van der Waals surface area contributed by atoms with Crippen LogP contribution in [-0.2, 0) is 17.8 Å². The molecule has 0 aliphatic carbocycles. The molecule has 5 rings (SSSR count). The number of hydrogen-bond acceptors (Lipinski definition) is 7. The molecule has 5 aromatic carbocycles. The molecule has 44 heavy (non-hydrogen) atoms. The SMILES string of the molecule is COC(=O)c1cccc([N+](=O)[O-])c1N(Cc1ccc(-c2ccccc2C#N)cc1)Cc1ccc(-c2ccccc2C#N)cc1. The number of nitro benzene ring substituents is 1. The first kappa shape index (κ1) is 29.2. The number of rotatable bonds is 9. The van der Waals surface area contributed by atoms with Gasteiger partial charge in [-0.25, -0.2) is 4.79 Å². The molecule has 0 spiro atoms. The van der Waals surface area contributed by atoms with Crippen LogP contribution in [0.2, 0.25) is 0 Å². The van der Waals surface area contributed by atoms with Crippen molar-refractivity contribution in [3.05, 3.63) is 153 Å². The van der Waals surface area contributed by atoms with E-state index < -0.39 is 10.9 Å². The summed E-state index contributed by atoms with van der Waals surface area (Å²) in [5.74, 6) is -0.680. The van der Waals surface area contributed by atoms with Crippen molar-refractivity contribution in [1.29, 1.82) is 10.5 Å². The lowest BCUT2D eigenvalue weighted by atomic mass is 9.98. The molecule has 0 fully saturated rings. The number of methoxy groups -OCH3 is 1. The second kappa shape index (κ2) is 13.2. The summed E-state index contributed by atoms with van der Waals surface area (Å²) >= 11 is 0. The number of carbonyl (C=O) groups excluding carboxylic acids is 1. The van der Waals surface area contributed by atoms with Crippen molar-refractivity contribution >= 4 is 17.3 Å². The Balaban J connectivity index is 1.54. The summed E-state index contributed by atoms with van der Waals surface area (Å²) in [5.41, 5.74) is 6.18. The van der Waals surface area contributed by atoms with Crippen LogP contribution < -0.4 is 4.90 Å². The predicted molar refractivity (Wildman–Crippen MR) is 168 cm³/mol. The summed E-state index contributed by atoms with van der Waals surface area (Å²) in [6.07, 6.45) is 0. The summed E-state index contributed by atoms with van der Waals surface area (Å²) in [4.78, 5) is 26.3. The number of carbonyl (C=O) groups is 1. The number of ether oxygens (including phenoxy) is 1. The fraction of sp³-hybridized carbons (Fsp3) is 0.0833. The Kier molecular flexibility index (Phi) is 8.75. The molecule has 0 radical (unpaired) electrons. The van der Waals surface area contributed by atoms with E-state index in [-0.39, 0.29) is 30.0 Å². The summed E-state index contributed by atoms with van der Waals surface area (Å²) in [6.45, 7) is 0.488. The first-order chi connectivity index (χ1) is 21.4. The predicted octanol–water partition coefficient (Wildman–Crippen LogP) is 7.67. The highest BCUT2D eigenvalue weighted by Gasteiger charge is 2.27. The standard InChI is InChI=1S/C36H26N4O4/c1-44-36(41)33-11-6-12-34(40(42)43)35(33)39(23-25-13-17-27(18-14-25)31-9-4-2-7-29(31)21-37)24-26-15-19-28(20-16-26)32-10-5-3-8-30(32)22-38/h2-20H,23-24H2,1H3. The molecule has 8 heteroatoms. The molecular weight excluding hydrogens is 552 g/mol. The van der Waals surface area contributed by atoms with Crippen molar-refractivity contribution in [1.82, 2.24) is 0 Å². The molecule has 0 saturated heterocycles. The van der Waals surface area contributed by atoms with Crippen molar-refractivity contribution in [2.45, 2.75) is 13.1 Å². The van der Waals surface area contributed by atoms with Gasteiger partial charge < -0.3 is 9.64 Å². The van der Waals surface area contributed by atoms with Gasteiger partial charge in [-0.15, -0.1) is 0 Å². The van der Waals surface area contributed by atoms with E-state index in [1.54, 1.807) is 17.0 Å². The maximum atomic E-state index is 12.8. The minimum atomic E-state index is -0.680. The van der Waals surface area contributed by atoms with Gasteiger partial charge in [0, 0.05) is 19.2 Å². The molecule has 0 heterocycles. The third-order valence-corrected chi connectivity index (χ3v) is 7.30. The molecule has 0 aliphatic rings. The topological polar surface area (TPSA) is 120 Å². The van der Waals surface area contributed by atoms with Crippen LogP contribution in [0.5, 0.6) is 0 Å². The molecule has 8 nitrogen and oxygen atoms in total. The van der Waals surface area contributed by atoms with Crippen LogP contribution in [0.15, 0.2) is 115 Å². The molecule has 0 atom stereocenters. The van der Waals surface area contributed by atoms with E-state index in [4.69, 9.17) is 4.74 Å². The quantitative estimate of drug-likeness (QED) is 0.1000. The third kappa shape index (κ3) is 6.15. The van der Waals surface area contributed by atoms with Gasteiger partial charge in [-0.05, 0) is 51.6 Å². The Morgan fingerprint density at radius 3 is 1.64 bits per heavy atom. The van der Waals surface area contributed by atoms with E-state index in [9.17, 15) is 25.4 Å². The molecule has 5 aromatic rings. The van der Waals surface area contributed by atoms with Crippen molar-refractivity contribution in [2.24, 2.45) is 0 Å². The molecule has 0 N–H and O–H groups in total. The lowest BCUT2D eigenvalue weighted by Crippen LogP contribution is -2.25. The number of benzene rings is 5. The van der Waals surface area contributed by atoms with Crippen LogP contribution in [0.25, 0.3) is 22.3 Å². The summed E-state index contributed by atoms with van der Waals surface area (Å²) in [6, 6.07) is 38.7. The van der Waals surface area contributed by atoms with Gasteiger partial charge in [0.05, 0.1) is 40.9 Å². The highest BCUT2D eigenvalue weighted by molar-refractivity contribution is 5.98. The number of nitro groups is 1. The van der Waals surface area contributed by atoms with Crippen LogP contribution >= 0.6 is 0 Å². The van der Waals surface area contributed by atoms with Crippen molar-refractivity contribution < 1.29 is 14.5 Å². The minimum absolute atomic E-state index is 0.0841. The number of anilines is 1. The molecule has 0 aromatic heterocycles. The molecule has 0 bridgehead atoms. The zero-order valence-corrected chi connectivity index (χ0v) is 23.8. The number of nitrogens with zero attached hydrogens (tertiary/aromatic N) is 4. The van der Waals surface area contributed by atoms with Gasteiger partial charge in [-0.2, -0.15) is 10.5 Å². The molecular formula is C36H26N4O4. The lowest BCUT2D eigenvalue weighted by molar-refractivity contribution is -0.384. The van der Waals surface area contributed by atoms with Gasteiger partial charge >= 0.3 is 5.97 Å². The molecule has 0 saturated carbocycles. The zero-order chi connectivity index (χ0) is 31.1. The van der Waals surface area contributed by atoms with Gasteiger partial charge in [0.2, 0.25) is 0 Å². The van der Waals surface area contributed by atoms with Crippen molar-refractivity contribution in [2.75, 3.05) is 12.0 Å². The Hall–Kier alpha value is -6.25. The maximum absolute atomic E-state index is 12.8. The van der Waals surface area contributed by atoms with E-state index in [1.807, 2.05) is 84.9 Å². The smallest absolute Gasteiger partial charge is 0.340 e. The summed E-state index contributed by atoms with van der Waals surface area (Å²) < 4.78 is 4.99. The van der Waals surface area contributed by atoms with E-state index in [0.29, 0.717) is 11.1 Å². The normalized spacial score (nSPS) is 10.3. The van der Waals surface area contributed by atoms with Gasteiger partial charge in [0.15, 0.2) is 0 Å². The molecule has 214 valence electrons. The zero-order valence-electron chi connectivity index (χ0n) is 23.8. The van der Waals surface area contributed by atoms with E-state index in [1.165, 1.54) is 25.3 Å². The molecule has 0 amide bonds. The van der Waals surface area contributed by atoms with Crippen molar-refractivity contribution in [3.63, 3.8) is 0 Å². The van der Waals surface area contributed by atoms with E-state index in [0.717, 1.165) is 33.4 Å². The Labute approximate surface area is 254 Å². The van der Waals surface area contributed by atoms with E-state index >= 15 is 0 Å². The fourth-order valence-corrected chi connectivity index (χ4v) is 5.18. The first-order valence-corrected chi connectivity index (χ1v) is 13.7. The maximum Gasteiger partial charge on any atom is 0.340 e. The molecule has 0 aliphatic heterocycles. The summed E-state index contributed by atoms with van der Waals surface area (Å²) in [5, 5.41) is 31.2. The fourth-order valence-electron chi connectivity index (χ4n) is 5.18. The highest BCUT2D eigenvalue weighted by atomic mass is 16.6. The van der Waals surface area contributed by atoms with Gasteiger partial charge in [0.25, 0.3) is 5.69 Å². The largest absolute Gasteiger partial charge is 0.465 e. The average molecular weight is 579 g/mol. The Morgan fingerprint density at radius 2 is 1.20 bits per heavy atom. The first-order valence-electron chi connectivity index (χ1n) is 13.7. The monoisotopic (exact) mass is 578 g/mol. The number of para-hydroxylation sites is 1. The summed E-state index contributed by atoms with van der Waals surface area (Å²) in [7, 11) is 1.24. The van der Waals surface area contributed by atoms with Gasteiger partial charge in [-0.1, -0.05) is 91.0 Å². The third-order valence-electron chi connectivity index (χ3n) is 7.30. The second-order valence-corrected chi connectivity index (χ2v) is 9.99. The van der Waals surface area contributed by atoms with Crippen LogP contribution in [0.1, 0.15) is 32.6 Å². The van der Waals surface area contributed by atoms with Gasteiger partial charge in [-0.3, -0.25) is 10.1 Å². The lowest BCUT2D eigenvalue weighted by Gasteiger charge is -2.27. The van der Waals surface area contributed by atoms with Crippen LogP contribution in [-0.4, -0.2) is 18.0 Å². The average Bonchev–Trinajstić information content (AvgIpc) is 3.07. The minimum Gasteiger partial charge on any atom is -0.465 e. The number of esters is 1. The van der Waals surface area contributed by atoms with Gasteiger partial charge in [0.1, 0.15) is 5.69 Å². The van der Waals surface area contributed by atoms with Crippen LogP contribution in [0, 0.1) is 32.8 Å². The van der Waals surface area contributed by atoms with Crippen molar-refractivity contribution in [3.8, 4) is 34.4 Å². The van der Waals surface area contributed by atoms with Crippen LogP contribution in [0.4, 0.5) is 11.4 Å². The molecule has 0 unspecified atom stereocenters. The highest BCUT2D eigenvalue weighted by Crippen LogP contribution is 2.35. The number of hydrogen-bond donors (Lipinski definition) is 0. The van der Waals surface area contributed by atoms with E-state index in [2.05, 4.69) is 12.1 Å².